The van der Waals surface area contributed by atoms with Gasteiger partial charge in [0.25, 0.3) is 0 Å². The third-order valence-corrected chi connectivity index (χ3v) is 2.77. The number of rotatable bonds is 4. The Morgan fingerprint density at radius 3 is 2.81 bits per heavy atom. The molecule has 1 unspecified atom stereocenters. The molecule has 0 amide bonds. The van der Waals surface area contributed by atoms with Crippen LogP contribution in [0.5, 0.6) is 0 Å². The summed E-state index contributed by atoms with van der Waals surface area (Å²) in [5.74, 6) is 0.951. The van der Waals surface area contributed by atoms with Crippen LogP contribution in [0.15, 0.2) is 29.0 Å². The molecule has 0 aliphatic carbocycles. The van der Waals surface area contributed by atoms with E-state index in [9.17, 15) is 0 Å². The molecule has 1 N–H and O–H groups in total. The van der Waals surface area contributed by atoms with E-state index in [1.807, 2.05) is 37.0 Å². The standard InChI is InChI=1S/C12H17N3O/c1-4-13-12(10-6-8-16-9(10)2)11-5-7-14-15(11)3/h5-8,12-13H,4H2,1-3H3. The zero-order valence-corrected chi connectivity index (χ0v) is 9.90. The lowest BCUT2D eigenvalue weighted by atomic mass is 10.0. The number of aromatic nitrogens is 2. The van der Waals surface area contributed by atoms with Crippen molar-refractivity contribution in [1.29, 1.82) is 0 Å². The van der Waals surface area contributed by atoms with Crippen LogP contribution in [0.2, 0.25) is 0 Å². The number of hydrogen-bond donors (Lipinski definition) is 1. The van der Waals surface area contributed by atoms with Gasteiger partial charge in [-0.05, 0) is 25.6 Å². The molecule has 0 radical (unpaired) electrons. The van der Waals surface area contributed by atoms with Crippen LogP contribution in [0.25, 0.3) is 0 Å². The molecule has 0 aliphatic heterocycles. The van der Waals surface area contributed by atoms with Crippen molar-refractivity contribution in [3.63, 3.8) is 0 Å². The van der Waals surface area contributed by atoms with Gasteiger partial charge < -0.3 is 9.73 Å². The van der Waals surface area contributed by atoms with Gasteiger partial charge in [0.1, 0.15) is 5.76 Å². The zero-order valence-electron chi connectivity index (χ0n) is 9.90. The fourth-order valence-corrected chi connectivity index (χ4v) is 1.94. The number of aryl methyl sites for hydroxylation is 2. The van der Waals surface area contributed by atoms with Gasteiger partial charge in [-0.2, -0.15) is 5.10 Å². The van der Waals surface area contributed by atoms with E-state index in [0.717, 1.165) is 18.0 Å². The van der Waals surface area contributed by atoms with Crippen LogP contribution < -0.4 is 5.32 Å². The molecule has 0 saturated carbocycles. The maximum absolute atomic E-state index is 5.36. The van der Waals surface area contributed by atoms with E-state index >= 15 is 0 Å². The SMILES string of the molecule is CCNC(c1ccoc1C)c1ccnn1C. The monoisotopic (exact) mass is 219 g/mol. The Labute approximate surface area is 95.3 Å². The smallest absolute Gasteiger partial charge is 0.105 e. The molecule has 4 heteroatoms. The molecule has 0 bridgehead atoms. The largest absolute Gasteiger partial charge is 0.469 e. The molecule has 2 aromatic rings. The van der Waals surface area contributed by atoms with Crippen LogP contribution in [0.1, 0.15) is 30.0 Å². The summed E-state index contributed by atoms with van der Waals surface area (Å²) in [4.78, 5) is 0. The highest BCUT2D eigenvalue weighted by atomic mass is 16.3. The Kier molecular flexibility index (Phi) is 3.10. The summed E-state index contributed by atoms with van der Waals surface area (Å²) in [5.41, 5.74) is 2.32. The van der Waals surface area contributed by atoms with Crippen molar-refractivity contribution in [2.45, 2.75) is 19.9 Å². The van der Waals surface area contributed by atoms with Gasteiger partial charge in [-0.25, -0.2) is 0 Å². The fraction of sp³-hybridized carbons (Fsp3) is 0.417. The van der Waals surface area contributed by atoms with E-state index in [4.69, 9.17) is 4.42 Å². The third-order valence-electron chi connectivity index (χ3n) is 2.77. The maximum Gasteiger partial charge on any atom is 0.105 e. The van der Waals surface area contributed by atoms with Crippen LogP contribution in [-0.2, 0) is 7.05 Å². The molecule has 2 heterocycles. The van der Waals surface area contributed by atoms with Gasteiger partial charge in [-0.3, -0.25) is 4.68 Å². The predicted molar refractivity (Wildman–Crippen MR) is 62.2 cm³/mol. The van der Waals surface area contributed by atoms with Gasteiger partial charge >= 0.3 is 0 Å². The first-order valence-electron chi connectivity index (χ1n) is 5.49. The Balaban J connectivity index is 2.39. The third kappa shape index (κ3) is 1.88. The summed E-state index contributed by atoms with van der Waals surface area (Å²) in [7, 11) is 1.95. The first kappa shape index (κ1) is 11.0. The lowest BCUT2D eigenvalue weighted by molar-refractivity contribution is 0.512. The summed E-state index contributed by atoms with van der Waals surface area (Å²) in [5, 5.41) is 7.65. The average Bonchev–Trinajstić information content (AvgIpc) is 2.84. The highest BCUT2D eigenvalue weighted by molar-refractivity contribution is 5.28. The Bertz CT molecular complexity index is 418. The van der Waals surface area contributed by atoms with Crippen molar-refractivity contribution in [1.82, 2.24) is 15.1 Å². The number of nitrogens with zero attached hydrogens (tertiary/aromatic N) is 2. The van der Waals surface area contributed by atoms with Gasteiger partial charge in [-0.15, -0.1) is 0 Å². The van der Waals surface area contributed by atoms with Crippen LogP contribution in [0.4, 0.5) is 0 Å². The molecule has 0 aliphatic rings. The van der Waals surface area contributed by atoms with Crippen molar-refractivity contribution in [2.75, 3.05) is 6.54 Å². The van der Waals surface area contributed by atoms with E-state index in [1.165, 1.54) is 5.56 Å². The molecule has 0 spiro atoms. The fourth-order valence-electron chi connectivity index (χ4n) is 1.94. The normalized spacial score (nSPS) is 12.9. The van der Waals surface area contributed by atoms with Crippen molar-refractivity contribution < 1.29 is 4.42 Å². The molecule has 2 rings (SSSR count). The van der Waals surface area contributed by atoms with E-state index in [2.05, 4.69) is 17.3 Å². The minimum absolute atomic E-state index is 0.149. The minimum Gasteiger partial charge on any atom is -0.469 e. The topological polar surface area (TPSA) is 43.0 Å². The molecule has 1 atom stereocenters. The second-order valence-electron chi connectivity index (χ2n) is 3.80. The molecule has 16 heavy (non-hydrogen) atoms. The Morgan fingerprint density at radius 2 is 2.31 bits per heavy atom. The summed E-state index contributed by atoms with van der Waals surface area (Å²) in [6, 6.07) is 4.19. The van der Waals surface area contributed by atoms with Crippen molar-refractivity contribution in [2.24, 2.45) is 7.05 Å². The average molecular weight is 219 g/mol. The van der Waals surface area contributed by atoms with Crippen LogP contribution >= 0.6 is 0 Å². The second-order valence-corrected chi connectivity index (χ2v) is 3.80. The highest BCUT2D eigenvalue weighted by Gasteiger charge is 2.19. The minimum atomic E-state index is 0.149. The molecule has 4 nitrogen and oxygen atoms in total. The quantitative estimate of drug-likeness (QED) is 0.855. The van der Waals surface area contributed by atoms with Crippen molar-refractivity contribution >= 4 is 0 Å². The molecule has 0 aromatic carbocycles. The molecule has 86 valence electrons. The van der Waals surface area contributed by atoms with E-state index in [-0.39, 0.29) is 6.04 Å². The van der Waals surface area contributed by atoms with Gasteiger partial charge in [0.15, 0.2) is 0 Å². The Morgan fingerprint density at radius 1 is 1.50 bits per heavy atom. The van der Waals surface area contributed by atoms with E-state index in [1.54, 1.807) is 6.26 Å². The lowest BCUT2D eigenvalue weighted by Gasteiger charge is -2.17. The van der Waals surface area contributed by atoms with Gasteiger partial charge in [0, 0.05) is 18.8 Å². The first-order chi connectivity index (χ1) is 7.74. The lowest BCUT2D eigenvalue weighted by Crippen LogP contribution is -2.24. The van der Waals surface area contributed by atoms with Gasteiger partial charge in [0.05, 0.1) is 18.0 Å². The summed E-state index contributed by atoms with van der Waals surface area (Å²) >= 11 is 0. The van der Waals surface area contributed by atoms with Gasteiger partial charge in [-0.1, -0.05) is 6.92 Å². The molecular weight excluding hydrogens is 202 g/mol. The molecule has 0 fully saturated rings. The number of hydrogen-bond acceptors (Lipinski definition) is 3. The summed E-state index contributed by atoms with van der Waals surface area (Å²) in [6.07, 6.45) is 3.54. The summed E-state index contributed by atoms with van der Waals surface area (Å²) in [6.45, 7) is 4.98. The van der Waals surface area contributed by atoms with Crippen LogP contribution in [0, 0.1) is 6.92 Å². The summed E-state index contributed by atoms with van der Waals surface area (Å²) < 4.78 is 7.25. The highest BCUT2D eigenvalue weighted by Crippen LogP contribution is 2.24. The van der Waals surface area contributed by atoms with Crippen molar-refractivity contribution in [3.8, 4) is 0 Å². The molecule has 2 aromatic heterocycles. The Hall–Kier alpha value is -1.55. The van der Waals surface area contributed by atoms with Crippen LogP contribution in [0.3, 0.4) is 0 Å². The van der Waals surface area contributed by atoms with Crippen LogP contribution in [-0.4, -0.2) is 16.3 Å². The first-order valence-corrected chi connectivity index (χ1v) is 5.49. The molecular formula is C12H17N3O. The second kappa shape index (κ2) is 4.53. The molecule has 0 saturated heterocycles. The predicted octanol–water partition coefficient (Wildman–Crippen LogP) is 2.02. The zero-order chi connectivity index (χ0) is 11.5. The van der Waals surface area contributed by atoms with Gasteiger partial charge in [0.2, 0.25) is 0 Å². The van der Waals surface area contributed by atoms with E-state index < -0.39 is 0 Å². The maximum atomic E-state index is 5.36. The number of nitrogens with one attached hydrogen (secondary N) is 1. The van der Waals surface area contributed by atoms with Crippen molar-refractivity contribution in [3.05, 3.63) is 41.6 Å². The van der Waals surface area contributed by atoms with E-state index in [0.29, 0.717) is 0 Å². The number of furan rings is 1.